The van der Waals surface area contributed by atoms with Crippen LogP contribution in [0, 0.1) is 6.92 Å². The summed E-state index contributed by atoms with van der Waals surface area (Å²) in [6.45, 7) is 5.35. The number of aromatic nitrogens is 2. The van der Waals surface area contributed by atoms with Gasteiger partial charge in [-0.1, -0.05) is 12.6 Å². The lowest BCUT2D eigenvalue weighted by Gasteiger charge is -2.19. The van der Waals surface area contributed by atoms with E-state index in [-0.39, 0.29) is 29.6 Å². The maximum Gasteiger partial charge on any atom is 0.323 e. The fourth-order valence-electron chi connectivity index (χ4n) is 3.69. The smallest absolute Gasteiger partial charge is 0.323 e. The molecule has 2 atom stereocenters. The van der Waals surface area contributed by atoms with Crippen molar-refractivity contribution in [2.24, 2.45) is 0 Å². The minimum Gasteiger partial charge on any atom is -0.354 e. The lowest BCUT2D eigenvalue weighted by Crippen LogP contribution is -2.45. The van der Waals surface area contributed by atoms with E-state index in [0.717, 1.165) is 45.7 Å². The van der Waals surface area contributed by atoms with Gasteiger partial charge in [0.25, 0.3) is 0 Å². The van der Waals surface area contributed by atoms with Gasteiger partial charge in [-0.15, -0.1) is 11.3 Å². The van der Waals surface area contributed by atoms with E-state index < -0.39 is 0 Å². The number of aromatic amines is 1. The number of aryl methyl sites for hydroxylation is 1. The van der Waals surface area contributed by atoms with Crippen molar-refractivity contribution in [2.75, 3.05) is 10.6 Å². The Labute approximate surface area is 199 Å². The molecule has 1 fully saturated rings. The highest BCUT2D eigenvalue weighted by Crippen LogP contribution is 2.40. The first-order valence-corrected chi connectivity index (χ1v) is 11.5. The van der Waals surface area contributed by atoms with Crippen LogP contribution in [0.2, 0.25) is 0 Å². The second-order valence-corrected chi connectivity index (χ2v) is 8.72. The molecule has 3 aromatic rings. The van der Waals surface area contributed by atoms with Gasteiger partial charge in [0, 0.05) is 35.4 Å². The number of hydrogen-bond donors (Lipinski definition) is 5. The van der Waals surface area contributed by atoms with Crippen LogP contribution in [-0.2, 0) is 9.59 Å². The van der Waals surface area contributed by atoms with Crippen molar-refractivity contribution in [1.29, 1.82) is 0 Å². The number of amides is 4. The van der Waals surface area contributed by atoms with Gasteiger partial charge in [-0.3, -0.25) is 14.4 Å². The zero-order chi connectivity index (χ0) is 24.5. The summed E-state index contributed by atoms with van der Waals surface area (Å²) >= 11 is 1.59. The summed E-state index contributed by atoms with van der Waals surface area (Å²) in [6, 6.07) is 6.72. The third-order valence-electron chi connectivity index (χ3n) is 5.25. The predicted octanol–water partition coefficient (Wildman–Crippen LogP) is 2.89. The number of anilines is 2. The molecule has 0 radical (unpaired) electrons. The summed E-state index contributed by atoms with van der Waals surface area (Å²) in [6.07, 6.45) is 8.13. The standard InChI is InChI=1S/C9H7N3OS.C9H14N2O2.C5H5NO/c1-4-7-6-5(11-9(13)12-7)2-3-10-8(6)14-4;1-2-9(13)11-8-5-3-4-7(8)10-6-12;7-5-3-1-2-4-6-5/h2-3H,1H3,(H2,11,12,13);2,6-8H,1,3-5H2,(H,10,12)(H,11,13);1-4H,(H,6,7). The number of carbonyl (C=O) groups excluding carboxylic acids is 3. The molecule has 1 aliphatic carbocycles. The summed E-state index contributed by atoms with van der Waals surface area (Å²) in [5, 5.41) is 12.0. The van der Waals surface area contributed by atoms with Crippen molar-refractivity contribution >= 4 is 51.3 Å². The van der Waals surface area contributed by atoms with Gasteiger partial charge in [0.15, 0.2) is 0 Å². The normalized spacial score (nSPS) is 17.6. The molecule has 34 heavy (non-hydrogen) atoms. The van der Waals surface area contributed by atoms with Crippen molar-refractivity contribution < 1.29 is 14.4 Å². The Balaban J connectivity index is 0.000000151. The minimum atomic E-state index is -0.176. The molecule has 2 aliphatic rings. The van der Waals surface area contributed by atoms with Crippen molar-refractivity contribution in [3.63, 3.8) is 0 Å². The van der Waals surface area contributed by atoms with Crippen LogP contribution in [0.5, 0.6) is 0 Å². The van der Waals surface area contributed by atoms with Gasteiger partial charge in [0.05, 0.1) is 16.8 Å². The van der Waals surface area contributed by atoms with Crippen molar-refractivity contribution in [3.8, 4) is 0 Å². The molecule has 0 saturated heterocycles. The minimum absolute atomic E-state index is 0.0532. The first-order valence-electron chi connectivity index (χ1n) is 10.7. The fraction of sp³-hybridized carbons (Fsp3) is 0.261. The van der Waals surface area contributed by atoms with Crippen LogP contribution in [0.25, 0.3) is 10.2 Å². The van der Waals surface area contributed by atoms with Gasteiger partial charge < -0.3 is 26.3 Å². The molecule has 0 aromatic carbocycles. The molecule has 0 bridgehead atoms. The maximum atomic E-state index is 11.3. The molecule has 11 heteroatoms. The number of urea groups is 1. The van der Waals surface area contributed by atoms with Crippen LogP contribution in [0.3, 0.4) is 0 Å². The molecule has 10 nitrogen and oxygen atoms in total. The van der Waals surface area contributed by atoms with Gasteiger partial charge in [-0.2, -0.15) is 0 Å². The second-order valence-electron chi connectivity index (χ2n) is 7.52. The molecule has 0 spiro atoms. The predicted molar refractivity (Wildman–Crippen MR) is 133 cm³/mol. The number of nitrogens with zero attached hydrogens (tertiary/aromatic N) is 1. The van der Waals surface area contributed by atoms with Crippen molar-refractivity contribution in [3.05, 3.63) is 64.5 Å². The van der Waals surface area contributed by atoms with E-state index in [1.54, 1.807) is 35.9 Å². The molecule has 1 saturated carbocycles. The number of carbonyl (C=O) groups is 3. The van der Waals surface area contributed by atoms with Crippen LogP contribution in [-0.4, -0.2) is 40.4 Å². The van der Waals surface area contributed by atoms with Gasteiger partial charge >= 0.3 is 6.03 Å². The van der Waals surface area contributed by atoms with Crippen LogP contribution in [0.15, 0.2) is 54.1 Å². The van der Waals surface area contributed by atoms with E-state index in [4.69, 9.17) is 0 Å². The lowest BCUT2D eigenvalue weighted by molar-refractivity contribution is -0.117. The number of nitrogens with one attached hydrogen (secondary N) is 5. The van der Waals surface area contributed by atoms with Gasteiger partial charge in [0.2, 0.25) is 17.9 Å². The molecular weight excluding hydrogens is 456 g/mol. The molecular formula is C23H26N6O4S. The summed E-state index contributed by atoms with van der Waals surface area (Å²) in [5.74, 6) is -0.176. The van der Waals surface area contributed by atoms with E-state index in [9.17, 15) is 19.2 Å². The Kier molecular flexibility index (Phi) is 8.52. The highest BCUT2D eigenvalue weighted by Gasteiger charge is 2.27. The molecule has 5 rings (SSSR count). The Morgan fingerprint density at radius 2 is 2.00 bits per heavy atom. The molecule has 3 aromatic heterocycles. The first-order chi connectivity index (χ1) is 16.4. The highest BCUT2D eigenvalue weighted by molar-refractivity contribution is 7.19. The van der Waals surface area contributed by atoms with Gasteiger partial charge in [0.1, 0.15) is 4.83 Å². The third-order valence-corrected chi connectivity index (χ3v) is 6.26. The zero-order valence-corrected chi connectivity index (χ0v) is 19.4. The SMILES string of the molecule is C=CC(=O)NC1CCCC1NC=O.Cc1sc2nccc3c2c1NC(=O)N3.O=c1cccc[nH]1. The molecule has 1 aliphatic heterocycles. The highest BCUT2D eigenvalue weighted by atomic mass is 32.1. The third kappa shape index (κ3) is 6.29. The van der Waals surface area contributed by atoms with E-state index in [0.29, 0.717) is 6.41 Å². The van der Waals surface area contributed by atoms with E-state index in [1.807, 2.05) is 13.0 Å². The maximum absolute atomic E-state index is 11.3. The Morgan fingerprint density at radius 1 is 1.21 bits per heavy atom. The second kappa shape index (κ2) is 11.8. The number of pyridine rings is 2. The number of rotatable bonds is 4. The summed E-state index contributed by atoms with van der Waals surface area (Å²) in [4.78, 5) is 51.5. The summed E-state index contributed by atoms with van der Waals surface area (Å²) < 4.78 is 0. The number of thiophene rings is 1. The van der Waals surface area contributed by atoms with E-state index >= 15 is 0 Å². The zero-order valence-electron chi connectivity index (χ0n) is 18.6. The van der Waals surface area contributed by atoms with Crippen molar-refractivity contribution in [2.45, 2.75) is 38.3 Å². The van der Waals surface area contributed by atoms with E-state index in [2.05, 4.69) is 37.8 Å². The fourth-order valence-corrected chi connectivity index (χ4v) is 4.67. The monoisotopic (exact) mass is 482 g/mol. The number of hydrogen-bond acceptors (Lipinski definition) is 6. The molecule has 178 valence electrons. The van der Waals surface area contributed by atoms with E-state index in [1.165, 1.54) is 12.1 Å². The molecule has 2 unspecified atom stereocenters. The quantitative estimate of drug-likeness (QED) is 0.287. The topological polar surface area (TPSA) is 145 Å². The van der Waals surface area contributed by atoms with Crippen LogP contribution in [0.1, 0.15) is 24.1 Å². The molecule has 5 N–H and O–H groups in total. The molecule has 4 heterocycles. The van der Waals surface area contributed by atoms with Crippen molar-refractivity contribution in [1.82, 2.24) is 20.6 Å². The average molecular weight is 483 g/mol. The lowest BCUT2D eigenvalue weighted by atomic mass is 10.2. The first kappa shape index (κ1) is 24.6. The van der Waals surface area contributed by atoms with Gasteiger partial charge in [-0.05, 0) is 44.4 Å². The molecule has 4 amide bonds. The summed E-state index contributed by atoms with van der Waals surface area (Å²) in [5.41, 5.74) is 1.69. The van der Waals surface area contributed by atoms with Crippen LogP contribution >= 0.6 is 11.3 Å². The Morgan fingerprint density at radius 3 is 2.65 bits per heavy atom. The average Bonchev–Trinajstić information content (AvgIpc) is 3.40. The van der Waals surface area contributed by atoms with Gasteiger partial charge in [-0.25, -0.2) is 9.78 Å². The largest absolute Gasteiger partial charge is 0.354 e. The van der Waals surface area contributed by atoms with Crippen LogP contribution in [0.4, 0.5) is 16.2 Å². The Bertz CT molecular complexity index is 1220. The number of H-pyrrole nitrogens is 1. The Hall–Kier alpha value is -3.99. The summed E-state index contributed by atoms with van der Waals surface area (Å²) in [7, 11) is 0. The van der Waals surface area contributed by atoms with Crippen LogP contribution < -0.4 is 26.8 Å².